The Morgan fingerprint density at radius 1 is 1.56 bits per heavy atom. The van der Waals surface area contributed by atoms with Gasteiger partial charge in [0.1, 0.15) is 0 Å². The Morgan fingerprint density at radius 3 is 2.22 bits per heavy atom. The molecule has 1 aliphatic heterocycles. The lowest BCUT2D eigenvalue weighted by Gasteiger charge is -2.24. The minimum atomic E-state index is -4.22. The van der Waals surface area contributed by atoms with Crippen LogP contribution in [0.25, 0.3) is 0 Å². The number of rotatable bonds is 2. The van der Waals surface area contributed by atoms with Gasteiger partial charge in [-0.2, -0.15) is 8.42 Å². The van der Waals surface area contributed by atoms with Gasteiger partial charge < -0.3 is 5.32 Å². The highest BCUT2D eigenvalue weighted by atomic mass is 32.3. The monoisotopic (exact) mass is 153 g/mol. The molecule has 0 saturated carbocycles. The van der Waals surface area contributed by atoms with Crippen molar-refractivity contribution in [1.82, 2.24) is 5.32 Å². The molecule has 1 heterocycles. The molecule has 0 aromatic carbocycles. The molecule has 0 bridgehead atoms. The molecule has 54 valence electrons. The normalized spacial score (nSPS) is 21.4. The lowest BCUT2D eigenvalue weighted by molar-refractivity contribution is 0.374. The van der Waals surface area contributed by atoms with Crippen molar-refractivity contribution < 1.29 is 12.3 Å². The first-order valence-corrected chi connectivity index (χ1v) is 4.26. The summed E-state index contributed by atoms with van der Waals surface area (Å²) in [5.41, 5.74) is 0. The van der Waals surface area contributed by atoms with E-state index in [1.165, 1.54) is 0 Å². The van der Waals surface area contributed by atoms with Gasteiger partial charge in [-0.25, -0.2) is 0 Å². The van der Waals surface area contributed by atoms with Gasteiger partial charge >= 0.3 is 10.2 Å². The number of hydrogen-bond donors (Lipinski definition) is 1. The largest absolute Gasteiger partial charge is 0.316 e. The van der Waals surface area contributed by atoms with E-state index in [1.54, 1.807) is 0 Å². The van der Waals surface area contributed by atoms with Gasteiger partial charge in [-0.05, 0) is 0 Å². The first-order valence-electron chi connectivity index (χ1n) is 2.71. The van der Waals surface area contributed by atoms with Crippen LogP contribution in [0.5, 0.6) is 0 Å². The molecule has 0 atom stereocenters. The van der Waals surface area contributed by atoms with Crippen molar-refractivity contribution in [3.05, 3.63) is 0 Å². The molecule has 0 aliphatic carbocycles. The fourth-order valence-corrected chi connectivity index (χ4v) is 1.55. The molecule has 0 unspecified atom stereocenters. The average molecular weight is 153 g/mol. The van der Waals surface area contributed by atoms with Crippen LogP contribution in [0.2, 0.25) is 0 Å². The molecule has 9 heavy (non-hydrogen) atoms. The second-order valence-electron chi connectivity index (χ2n) is 2.23. The van der Waals surface area contributed by atoms with Crippen LogP contribution in [-0.4, -0.2) is 27.3 Å². The predicted octanol–water partition coefficient (Wildman–Crippen LogP) is -0.495. The molecule has 0 spiro atoms. The van der Waals surface area contributed by atoms with E-state index < -0.39 is 10.2 Å². The molecule has 3 nitrogen and oxygen atoms in total. The van der Waals surface area contributed by atoms with Crippen LogP contribution in [-0.2, 0) is 10.2 Å². The molecular weight excluding hydrogens is 145 g/mol. The number of nitrogens with one attached hydrogen (secondary N) is 1. The van der Waals surface area contributed by atoms with E-state index in [0.717, 1.165) is 0 Å². The molecule has 0 aromatic rings. The summed E-state index contributed by atoms with van der Waals surface area (Å²) in [5, 5.41) is 2.85. The predicted molar refractivity (Wildman–Crippen MR) is 31.3 cm³/mol. The number of halogens is 1. The van der Waals surface area contributed by atoms with Gasteiger partial charge in [0.05, 0.1) is 5.75 Å². The van der Waals surface area contributed by atoms with Crippen LogP contribution >= 0.6 is 0 Å². The summed E-state index contributed by atoms with van der Waals surface area (Å²) in [7, 11) is -4.22. The van der Waals surface area contributed by atoms with E-state index in [-0.39, 0.29) is 11.7 Å². The molecule has 0 radical (unpaired) electrons. The zero-order valence-electron chi connectivity index (χ0n) is 4.80. The summed E-state index contributed by atoms with van der Waals surface area (Å²) in [4.78, 5) is 0. The number of hydrogen-bond acceptors (Lipinski definition) is 3. The van der Waals surface area contributed by atoms with E-state index in [1.807, 2.05) is 0 Å². The maximum atomic E-state index is 11.8. The van der Waals surface area contributed by atoms with Crippen molar-refractivity contribution in [2.24, 2.45) is 5.92 Å². The Labute approximate surface area is 53.5 Å². The highest BCUT2D eigenvalue weighted by Gasteiger charge is 2.23. The minimum Gasteiger partial charge on any atom is -0.316 e. The van der Waals surface area contributed by atoms with Crippen LogP contribution in [0.15, 0.2) is 0 Å². The van der Waals surface area contributed by atoms with Crippen LogP contribution in [0.4, 0.5) is 3.89 Å². The first-order chi connectivity index (χ1) is 4.08. The molecule has 1 rings (SSSR count). The molecule has 1 N–H and O–H groups in total. The highest BCUT2D eigenvalue weighted by molar-refractivity contribution is 7.86. The van der Waals surface area contributed by atoms with Crippen LogP contribution in [0.1, 0.15) is 0 Å². The van der Waals surface area contributed by atoms with Crippen molar-refractivity contribution in [3.8, 4) is 0 Å². The topological polar surface area (TPSA) is 46.2 Å². The Balaban J connectivity index is 2.33. The SMILES string of the molecule is O=S(=O)(F)CC1CNC1. The van der Waals surface area contributed by atoms with Crippen molar-refractivity contribution in [1.29, 1.82) is 0 Å². The first kappa shape index (κ1) is 6.95. The van der Waals surface area contributed by atoms with Gasteiger partial charge in [0, 0.05) is 19.0 Å². The third-order valence-corrected chi connectivity index (χ3v) is 2.17. The molecule has 1 fully saturated rings. The highest BCUT2D eigenvalue weighted by Crippen LogP contribution is 2.07. The van der Waals surface area contributed by atoms with E-state index in [9.17, 15) is 12.3 Å². The summed E-state index contributed by atoms with van der Waals surface area (Å²) in [6.45, 7) is 1.26. The maximum absolute atomic E-state index is 11.8. The smallest absolute Gasteiger partial charge is 0.302 e. The lowest BCUT2D eigenvalue weighted by atomic mass is 10.1. The van der Waals surface area contributed by atoms with Gasteiger partial charge in [0.15, 0.2) is 0 Å². The minimum absolute atomic E-state index is 0.000000000000000444. The van der Waals surface area contributed by atoms with Crippen molar-refractivity contribution in [3.63, 3.8) is 0 Å². The van der Waals surface area contributed by atoms with E-state index in [2.05, 4.69) is 5.32 Å². The maximum Gasteiger partial charge on any atom is 0.302 e. The molecule has 0 amide bonds. The molecule has 1 aliphatic rings. The Hall–Kier alpha value is -0.160. The average Bonchev–Trinajstić information content (AvgIpc) is 1.53. The van der Waals surface area contributed by atoms with E-state index in [4.69, 9.17) is 0 Å². The fraction of sp³-hybridized carbons (Fsp3) is 1.00. The quantitative estimate of drug-likeness (QED) is 0.544. The lowest BCUT2D eigenvalue weighted by Crippen LogP contribution is -2.45. The molecule has 0 aromatic heterocycles. The van der Waals surface area contributed by atoms with Crippen molar-refractivity contribution >= 4 is 10.2 Å². The van der Waals surface area contributed by atoms with Crippen LogP contribution in [0, 0.1) is 5.92 Å². The summed E-state index contributed by atoms with van der Waals surface area (Å²) in [6, 6.07) is 0. The molecule has 1 saturated heterocycles. The second-order valence-corrected chi connectivity index (χ2v) is 3.64. The standard InChI is InChI=1S/C4H8FNO2S/c5-9(7,8)3-4-1-6-2-4/h4,6H,1-3H2. The zero-order chi connectivity index (χ0) is 6.91. The van der Waals surface area contributed by atoms with Gasteiger partial charge in [0.25, 0.3) is 0 Å². The summed E-state index contributed by atoms with van der Waals surface area (Å²) in [6.07, 6.45) is 0. The summed E-state index contributed by atoms with van der Waals surface area (Å²) in [5.74, 6) is -0.319. The molecule has 5 heteroatoms. The van der Waals surface area contributed by atoms with Gasteiger partial charge in [-0.1, -0.05) is 0 Å². The second kappa shape index (κ2) is 2.22. The van der Waals surface area contributed by atoms with Crippen LogP contribution < -0.4 is 5.32 Å². The van der Waals surface area contributed by atoms with Gasteiger partial charge in [-0.15, -0.1) is 3.89 Å². The fourth-order valence-electron chi connectivity index (χ4n) is 0.748. The van der Waals surface area contributed by atoms with Gasteiger partial charge in [-0.3, -0.25) is 0 Å². The summed E-state index contributed by atoms with van der Waals surface area (Å²) >= 11 is 0. The Bertz CT molecular complexity index is 185. The van der Waals surface area contributed by atoms with E-state index >= 15 is 0 Å². The van der Waals surface area contributed by atoms with Crippen molar-refractivity contribution in [2.45, 2.75) is 0 Å². The van der Waals surface area contributed by atoms with E-state index in [0.29, 0.717) is 13.1 Å². The molecular formula is C4H8FNO2S. The Morgan fingerprint density at radius 2 is 2.11 bits per heavy atom. The summed E-state index contributed by atoms with van der Waals surface area (Å²) < 4.78 is 31.7. The van der Waals surface area contributed by atoms with Crippen LogP contribution in [0.3, 0.4) is 0 Å². The third-order valence-electron chi connectivity index (χ3n) is 1.30. The third kappa shape index (κ3) is 2.28. The van der Waals surface area contributed by atoms with Crippen molar-refractivity contribution in [2.75, 3.05) is 18.8 Å². The Kier molecular flexibility index (Phi) is 1.72. The zero-order valence-corrected chi connectivity index (χ0v) is 5.62. The van der Waals surface area contributed by atoms with Gasteiger partial charge in [0.2, 0.25) is 0 Å².